The van der Waals surface area contributed by atoms with Gasteiger partial charge in [-0.25, -0.2) is 9.74 Å². The second kappa shape index (κ2) is 6.16. The maximum atomic E-state index is 12.1. The van der Waals surface area contributed by atoms with Crippen LogP contribution in [-0.4, -0.2) is 10.5 Å². The molecule has 0 N–H and O–H groups in total. The van der Waals surface area contributed by atoms with E-state index in [0.29, 0.717) is 5.56 Å². The molecule has 0 atom stereocenters. The Morgan fingerprint density at radius 1 is 1.13 bits per heavy atom. The Balaban J connectivity index is 2.22. The summed E-state index contributed by atoms with van der Waals surface area (Å²) in [5.41, 5.74) is 2.08. The van der Waals surface area contributed by atoms with E-state index in [1.54, 1.807) is 12.3 Å². The van der Waals surface area contributed by atoms with Crippen molar-refractivity contribution in [3.63, 3.8) is 0 Å². The fourth-order valence-corrected chi connectivity index (χ4v) is 2.46. The number of aromatic nitrogens is 1. The number of para-hydroxylation sites is 2. The average Bonchev–Trinajstić information content (AvgIpc) is 2.98. The first-order valence-corrected chi connectivity index (χ1v) is 6.85. The summed E-state index contributed by atoms with van der Waals surface area (Å²) in [5.74, 6) is -1.30. The number of carbonyl (C=O) groups excluding carboxylic acids is 1. The minimum atomic E-state index is -1.30. The monoisotopic (exact) mass is 306 g/mol. The molecule has 1 heterocycles. The highest BCUT2D eigenvalue weighted by molar-refractivity contribution is 6.01. The second-order valence-electron chi connectivity index (χ2n) is 4.84. The lowest BCUT2D eigenvalue weighted by Gasteiger charge is -2.04. The van der Waals surface area contributed by atoms with Gasteiger partial charge < -0.3 is 4.57 Å². The highest BCUT2D eigenvalue weighted by atomic mass is 19.3. The minimum absolute atomic E-state index is 0.400. The van der Waals surface area contributed by atoms with E-state index in [2.05, 4.69) is 4.94 Å². The molecule has 0 saturated carbocycles. The van der Waals surface area contributed by atoms with Gasteiger partial charge in [-0.3, -0.25) is 0 Å². The quantitative estimate of drug-likeness (QED) is 0.543. The summed E-state index contributed by atoms with van der Waals surface area (Å²) in [6, 6.07) is 18.9. The number of fused-ring (bicyclic) bond motifs is 1. The van der Waals surface area contributed by atoms with E-state index >= 15 is 0 Å². The smallest absolute Gasteiger partial charge is 0.316 e. The summed E-state index contributed by atoms with van der Waals surface area (Å²) < 4.78 is 14.0. The van der Waals surface area contributed by atoms with Gasteiger partial charge in [-0.15, -0.1) is 0 Å². The lowest BCUT2D eigenvalue weighted by atomic mass is 10.1. The third-order valence-electron chi connectivity index (χ3n) is 3.49. The largest absolute Gasteiger partial charge is 0.390 e. The molecule has 0 fully saturated rings. The van der Waals surface area contributed by atoms with E-state index in [4.69, 9.17) is 5.26 Å². The van der Waals surface area contributed by atoms with Crippen LogP contribution in [-0.2, 0) is 9.74 Å². The predicted molar refractivity (Wildman–Crippen MR) is 84.1 cm³/mol. The van der Waals surface area contributed by atoms with Gasteiger partial charge in [0.1, 0.15) is 11.6 Å². The van der Waals surface area contributed by atoms with Crippen LogP contribution in [0.15, 0.2) is 66.4 Å². The van der Waals surface area contributed by atoms with Crippen molar-refractivity contribution in [3.05, 3.63) is 71.9 Å². The van der Waals surface area contributed by atoms with Crippen LogP contribution in [0.25, 0.3) is 22.7 Å². The van der Waals surface area contributed by atoms with Crippen LogP contribution in [0.5, 0.6) is 0 Å². The van der Waals surface area contributed by atoms with Gasteiger partial charge in [-0.05, 0) is 24.3 Å². The second-order valence-corrected chi connectivity index (χ2v) is 4.84. The molecule has 0 aliphatic heterocycles. The first kappa shape index (κ1) is 14.5. The van der Waals surface area contributed by atoms with Crippen LogP contribution < -0.4 is 0 Å². The summed E-state index contributed by atoms with van der Waals surface area (Å²) in [5, 5.41) is 9.84. The minimum Gasteiger partial charge on any atom is -0.316 e. The van der Waals surface area contributed by atoms with Crippen LogP contribution in [0, 0.1) is 11.3 Å². The normalized spacial score (nSPS) is 11.2. The molecule has 1 aromatic heterocycles. The fourth-order valence-electron chi connectivity index (χ4n) is 2.46. The van der Waals surface area contributed by atoms with Gasteiger partial charge in [0.05, 0.1) is 5.52 Å². The van der Waals surface area contributed by atoms with Crippen LogP contribution in [0.4, 0.5) is 4.53 Å². The summed E-state index contributed by atoms with van der Waals surface area (Å²) >= 11 is 0. The molecule has 0 radical (unpaired) electrons. The van der Waals surface area contributed by atoms with E-state index in [1.807, 2.05) is 59.2 Å². The fraction of sp³-hybridized carbons (Fsp3) is 0. The molecule has 0 aliphatic rings. The van der Waals surface area contributed by atoms with E-state index in [0.717, 1.165) is 16.6 Å². The number of nitrogens with zero attached hydrogens (tertiary/aromatic N) is 2. The Kier molecular flexibility index (Phi) is 3.89. The summed E-state index contributed by atoms with van der Waals surface area (Å²) in [7, 11) is 0. The molecule has 0 spiro atoms. The van der Waals surface area contributed by atoms with E-state index < -0.39 is 11.5 Å². The zero-order chi connectivity index (χ0) is 16.2. The summed E-state index contributed by atoms with van der Waals surface area (Å²) in [4.78, 5) is 14.4. The van der Waals surface area contributed by atoms with Crippen molar-refractivity contribution in [2.75, 3.05) is 0 Å². The molecular weight excluding hydrogens is 295 g/mol. The lowest BCUT2D eigenvalue weighted by molar-refractivity contribution is -0.177. The van der Waals surface area contributed by atoms with Crippen LogP contribution in [0.3, 0.4) is 0 Å². The van der Waals surface area contributed by atoms with Gasteiger partial charge in [0.15, 0.2) is 0 Å². The molecule has 0 amide bonds. The predicted octanol–water partition coefficient (Wildman–Crippen LogP) is 3.97. The number of halogens is 1. The average molecular weight is 306 g/mol. The summed E-state index contributed by atoms with van der Waals surface area (Å²) in [6.07, 6.45) is 3.12. The molecular formula is C18H11FN2O2. The third-order valence-corrected chi connectivity index (χ3v) is 3.49. The Labute approximate surface area is 131 Å². The van der Waals surface area contributed by atoms with Crippen molar-refractivity contribution in [1.82, 2.24) is 4.57 Å². The summed E-state index contributed by atoms with van der Waals surface area (Å²) in [6.45, 7) is 0. The van der Waals surface area contributed by atoms with Gasteiger partial charge in [0, 0.05) is 27.4 Å². The lowest BCUT2D eigenvalue weighted by Crippen LogP contribution is -1.99. The SMILES string of the molecule is N#C/C(=C\c1cn(-c2ccccc2)c2ccccc12)C(=O)OF. The topological polar surface area (TPSA) is 55.0 Å². The van der Waals surface area contributed by atoms with Crippen molar-refractivity contribution >= 4 is 22.9 Å². The number of benzene rings is 2. The molecule has 3 rings (SSSR count). The Hall–Kier alpha value is -3.39. The Morgan fingerprint density at radius 2 is 1.83 bits per heavy atom. The zero-order valence-corrected chi connectivity index (χ0v) is 11.9. The van der Waals surface area contributed by atoms with Crippen molar-refractivity contribution in [3.8, 4) is 11.8 Å². The maximum absolute atomic E-state index is 12.1. The van der Waals surface area contributed by atoms with Crippen molar-refractivity contribution in [2.45, 2.75) is 0 Å². The van der Waals surface area contributed by atoms with Crippen molar-refractivity contribution in [2.24, 2.45) is 0 Å². The van der Waals surface area contributed by atoms with Gasteiger partial charge in [-0.1, -0.05) is 36.4 Å². The number of hydrogen-bond acceptors (Lipinski definition) is 3. The molecule has 3 aromatic rings. The van der Waals surface area contributed by atoms with Crippen LogP contribution in [0.1, 0.15) is 5.56 Å². The highest BCUT2D eigenvalue weighted by Crippen LogP contribution is 2.26. The number of nitriles is 1. The number of carbonyl (C=O) groups is 1. The molecule has 23 heavy (non-hydrogen) atoms. The number of rotatable bonds is 3. The van der Waals surface area contributed by atoms with E-state index in [-0.39, 0.29) is 0 Å². The highest BCUT2D eigenvalue weighted by Gasteiger charge is 2.14. The first-order chi connectivity index (χ1) is 11.2. The third kappa shape index (κ3) is 2.70. The molecule has 0 bridgehead atoms. The number of hydrogen-bond donors (Lipinski definition) is 0. The Morgan fingerprint density at radius 3 is 2.52 bits per heavy atom. The molecule has 4 nitrogen and oxygen atoms in total. The molecule has 0 unspecified atom stereocenters. The van der Waals surface area contributed by atoms with Crippen molar-refractivity contribution < 1.29 is 14.3 Å². The molecule has 0 saturated heterocycles. The van der Waals surface area contributed by atoms with E-state index in [9.17, 15) is 9.32 Å². The van der Waals surface area contributed by atoms with Gasteiger partial charge >= 0.3 is 5.97 Å². The van der Waals surface area contributed by atoms with Crippen LogP contribution in [0.2, 0.25) is 0 Å². The molecule has 0 aliphatic carbocycles. The maximum Gasteiger partial charge on any atom is 0.390 e. The molecule has 2 aromatic carbocycles. The van der Waals surface area contributed by atoms with Gasteiger partial charge in [0.2, 0.25) is 0 Å². The van der Waals surface area contributed by atoms with Gasteiger partial charge in [0.25, 0.3) is 0 Å². The zero-order valence-electron chi connectivity index (χ0n) is 11.9. The molecule has 5 heteroatoms. The Bertz CT molecular complexity index is 937. The van der Waals surface area contributed by atoms with Crippen molar-refractivity contribution in [1.29, 1.82) is 5.26 Å². The van der Waals surface area contributed by atoms with Crippen LogP contribution >= 0.6 is 0 Å². The standard InChI is InChI=1S/C18H11FN2O2/c19-23-18(22)13(11-20)10-14-12-21(15-6-2-1-3-7-15)17-9-5-4-8-16(14)17/h1-10,12H/b13-10+. The first-order valence-electron chi connectivity index (χ1n) is 6.85. The van der Waals surface area contributed by atoms with Gasteiger partial charge in [-0.2, -0.15) is 5.26 Å². The van der Waals surface area contributed by atoms with E-state index in [1.165, 1.54) is 6.08 Å². The molecule has 112 valence electrons.